The Morgan fingerprint density at radius 2 is 1.00 bits per heavy atom. The van der Waals surface area contributed by atoms with Gasteiger partial charge in [0.15, 0.2) is 17.4 Å². The van der Waals surface area contributed by atoms with Crippen molar-refractivity contribution in [2.75, 3.05) is 0 Å². The fourth-order valence-electron chi connectivity index (χ4n) is 0. The van der Waals surface area contributed by atoms with Gasteiger partial charge in [0.05, 0.1) is 0 Å². The van der Waals surface area contributed by atoms with E-state index in [9.17, 15) is 0 Å². The van der Waals surface area contributed by atoms with Crippen molar-refractivity contribution in [2.45, 2.75) is 0 Å². The summed E-state index contributed by atoms with van der Waals surface area (Å²) in [6, 6.07) is 0. The van der Waals surface area contributed by atoms with Crippen LogP contribution in [-0.2, 0) is 0 Å². The molecule has 0 heterocycles. The van der Waals surface area contributed by atoms with Crippen molar-refractivity contribution >= 4 is 73.8 Å². The van der Waals surface area contributed by atoms with E-state index in [2.05, 4.69) is 0 Å². The topological polar surface area (TPSA) is 35.0 Å². The Labute approximate surface area is 78.5 Å². The summed E-state index contributed by atoms with van der Waals surface area (Å²) in [6.45, 7) is 0. The Balaban J connectivity index is 0. The molecule has 0 aromatic carbocycles. The van der Waals surface area contributed by atoms with E-state index in [1.54, 1.807) is 0 Å². The molecule has 0 saturated heterocycles. The molecule has 0 saturated carbocycles. The van der Waals surface area contributed by atoms with Crippen LogP contribution in [0, 0.1) is 0 Å². The number of hydrogen-bond acceptors (Lipinski definition) is 1. The molecule has 0 radical (unpaired) electrons. The fraction of sp³-hybridized carbons (Fsp3) is 0. The van der Waals surface area contributed by atoms with Crippen LogP contribution in [0.3, 0.4) is 0 Å². The molecular weight excluding hydrogens is 157 g/mol. The van der Waals surface area contributed by atoms with E-state index in [0.29, 0.717) is 0 Å². The van der Waals surface area contributed by atoms with E-state index in [1.807, 2.05) is 0 Å². The zero-order chi connectivity index (χ0) is 0. The van der Waals surface area contributed by atoms with Crippen molar-refractivity contribution in [3.63, 3.8) is 0 Å². The second-order valence-corrected chi connectivity index (χ2v) is 0. The summed E-state index contributed by atoms with van der Waals surface area (Å²) in [4.78, 5) is 0. The van der Waals surface area contributed by atoms with Gasteiger partial charge in [0, 0.05) is 0 Å². The quantitative estimate of drug-likeness (QED) is 0.377. The van der Waals surface area contributed by atoms with Crippen LogP contribution in [0.4, 0.5) is 0 Å². The molecule has 0 amide bonds. The molecule has 0 rings (SSSR count). The zero-order valence-corrected chi connectivity index (χ0v) is 0.707. The maximum absolute atomic E-state index is 0. The Hall–Kier alpha value is 2.19. The Morgan fingerprint density at radius 1 is 1.00 bits per heavy atom. The molecule has 4 heteroatoms. The molecule has 0 spiro atoms. The molecule has 0 aromatic heterocycles. The Kier molecular flexibility index (Phi) is 165. The predicted molar refractivity (Wildman–Crippen MR) is 34.8 cm³/mol. The third-order valence-electron chi connectivity index (χ3n) is 0. The van der Waals surface area contributed by atoms with E-state index in [4.69, 9.17) is 0 Å². The summed E-state index contributed by atoms with van der Waals surface area (Å²) >= 11 is 0. The van der Waals surface area contributed by atoms with Crippen molar-refractivity contribution < 1.29 is 0 Å². The average molecular weight is 169 g/mol. The molecule has 0 unspecified atom stereocenters. The standard InChI is InChI=1S/Al.H3N.H4Si.Sr.5H/h;1H3;1H4;;;;;;. The van der Waals surface area contributed by atoms with Gasteiger partial charge in [0.25, 0.3) is 0 Å². The summed E-state index contributed by atoms with van der Waals surface area (Å²) in [6.07, 6.45) is 0. The molecule has 0 aliphatic rings. The molecule has 0 fully saturated rings. The van der Waals surface area contributed by atoms with Gasteiger partial charge in [-0.2, -0.15) is 0 Å². The molecule has 0 aliphatic heterocycles. The van der Waals surface area contributed by atoms with Crippen LogP contribution >= 0.6 is 0 Å². The Morgan fingerprint density at radius 3 is 1.00 bits per heavy atom. The Bertz CT molecular complexity index is 8.00. The summed E-state index contributed by atoms with van der Waals surface area (Å²) in [5, 5.41) is 0. The molecule has 0 atom stereocenters. The molecule has 0 aliphatic carbocycles. The molecule has 1 nitrogen and oxygen atoms in total. The molecule has 3 N–H and O–H groups in total. The summed E-state index contributed by atoms with van der Waals surface area (Å²) < 4.78 is 0. The molecule has 4 heavy (non-hydrogen) atoms. The minimum atomic E-state index is 0. The third kappa shape index (κ3) is 8.89. The van der Waals surface area contributed by atoms with Crippen LogP contribution < -0.4 is 6.15 Å². The van der Waals surface area contributed by atoms with Crippen LogP contribution in [-0.4, -0.2) is 73.8 Å². The van der Waals surface area contributed by atoms with Crippen molar-refractivity contribution in [2.24, 2.45) is 0 Å². The van der Waals surface area contributed by atoms with Crippen molar-refractivity contribution in [1.82, 2.24) is 6.15 Å². The van der Waals surface area contributed by atoms with Gasteiger partial charge in [-0.25, -0.2) is 0 Å². The molecule has 26 valence electrons. The van der Waals surface area contributed by atoms with Gasteiger partial charge >= 0.3 is 45.5 Å². The maximum atomic E-state index is 0. The third-order valence-corrected chi connectivity index (χ3v) is 0. The number of rotatable bonds is 0. The van der Waals surface area contributed by atoms with E-state index >= 15 is 0 Å². The second-order valence-electron chi connectivity index (χ2n) is 0. The normalized spacial score (nSPS) is 0. The summed E-state index contributed by atoms with van der Waals surface area (Å²) in [5.41, 5.74) is 0. The van der Waals surface area contributed by atoms with Crippen molar-refractivity contribution in [3.8, 4) is 0 Å². The van der Waals surface area contributed by atoms with E-state index in [0.717, 1.165) is 0 Å². The summed E-state index contributed by atoms with van der Waals surface area (Å²) in [7, 11) is 0. The predicted octanol–water partition coefficient (Wildman–Crippen LogP) is -3.39. The van der Waals surface area contributed by atoms with Gasteiger partial charge < -0.3 is 6.15 Å². The zero-order valence-electron chi connectivity index (χ0n) is 0.707. The minimum absolute atomic E-state index is 0. The molecule has 0 bridgehead atoms. The van der Waals surface area contributed by atoms with Crippen LogP contribution in [0.5, 0.6) is 0 Å². The van der Waals surface area contributed by atoms with Crippen molar-refractivity contribution in [1.29, 1.82) is 0 Å². The fourth-order valence-corrected chi connectivity index (χ4v) is 0. The van der Waals surface area contributed by atoms with Crippen LogP contribution in [0.2, 0.25) is 0 Å². The average Bonchev–Trinajstić information content (AvgIpc) is 0. The molecule has 0 aromatic rings. The van der Waals surface area contributed by atoms with Gasteiger partial charge in [0.1, 0.15) is 0 Å². The SMILES string of the molecule is N.[AlH3].[SiH4].[SrH2]. The van der Waals surface area contributed by atoms with E-state index in [1.165, 1.54) is 0 Å². The van der Waals surface area contributed by atoms with Crippen LogP contribution in [0.15, 0.2) is 0 Å². The van der Waals surface area contributed by atoms with Crippen LogP contribution in [0.1, 0.15) is 0 Å². The first-order chi connectivity index (χ1) is 0. The first-order valence-corrected chi connectivity index (χ1v) is 0. The van der Waals surface area contributed by atoms with Crippen molar-refractivity contribution in [3.05, 3.63) is 0 Å². The number of hydrogen-bond donors (Lipinski definition) is 1. The monoisotopic (exact) mass is 169 g/mol. The summed E-state index contributed by atoms with van der Waals surface area (Å²) in [5.74, 6) is 0. The van der Waals surface area contributed by atoms with Gasteiger partial charge in [0.2, 0.25) is 0 Å². The van der Waals surface area contributed by atoms with Gasteiger partial charge in [-0.1, -0.05) is 0 Å². The second kappa shape index (κ2) is 19.0. The van der Waals surface area contributed by atoms with E-state index in [-0.39, 0.29) is 80.0 Å². The first kappa shape index (κ1) is 34.8. The van der Waals surface area contributed by atoms with Crippen LogP contribution in [0.25, 0.3) is 0 Å². The van der Waals surface area contributed by atoms with Gasteiger partial charge in [-0.3, -0.25) is 0 Å². The van der Waals surface area contributed by atoms with Gasteiger partial charge in [-0.15, -0.1) is 0 Å². The molecular formula is H12AlNSiSr. The van der Waals surface area contributed by atoms with E-state index < -0.39 is 0 Å². The first-order valence-electron chi connectivity index (χ1n) is 0. The van der Waals surface area contributed by atoms with Gasteiger partial charge in [-0.05, 0) is 11.0 Å².